The first-order valence-corrected chi connectivity index (χ1v) is 6.02. The number of aliphatic imine (C=N–C) groups is 2. The Morgan fingerprint density at radius 3 is 2.76 bits per heavy atom. The minimum absolute atomic E-state index is 0.0790. The maximum Gasteiger partial charge on any atom is 0.326 e. The Labute approximate surface area is 119 Å². The Hall–Kier alpha value is -3.29. The number of hydrogen-bond donors (Lipinski definition) is 2. The molecule has 0 fully saturated rings. The predicted octanol–water partition coefficient (Wildman–Crippen LogP) is 0.970. The van der Waals surface area contributed by atoms with E-state index in [9.17, 15) is 0 Å². The molecule has 8 heteroatoms. The van der Waals surface area contributed by atoms with Crippen LogP contribution in [0, 0.1) is 0 Å². The predicted molar refractivity (Wildman–Crippen MR) is 78.0 cm³/mol. The lowest BCUT2D eigenvalue weighted by molar-refractivity contribution is 0.613. The monoisotopic (exact) mass is 281 g/mol. The van der Waals surface area contributed by atoms with Crippen molar-refractivity contribution in [3.8, 4) is 0 Å². The molecular formula is C13H11N7O. The molecule has 3 rings (SSSR count). The van der Waals surface area contributed by atoms with Gasteiger partial charge in [-0.05, 0) is 12.1 Å². The van der Waals surface area contributed by atoms with E-state index in [1.54, 1.807) is 6.07 Å². The minimum Gasteiger partial charge on any atom is -0.422 e. The summed E-state index contributed by atoms with van der Waals surface area (Å²) in [6.07, 6.45) is 4.52. The van der Waals surface area contributed by atoms with Gasteiger partial charge in [0, 0.05) is 12.4 Å². The molecule has 0 saturated heterocycles. The van der Waals surface area contributed by atoms with Gasteiger partial charge in [-0.1, -0.05) is 12.1 Å². The number of nitrogens with two attached hydrogens (primary N) is 2. The average Bonchev–Trinajstić information content (AvgIpc) is 2.90. The van der Waals surface area contributed by atoms with Crippen molar-refractivity contribution in [1.29, 1.82) is 0 Å². The van der Waals surface area contributed by atoms with E-state index in [1.165, 1.54) is 18.6 Å². The smallest absolute Gasteiger partial charge is 0.326 e. The van der Waals surface area contributed by atoms with Crippen molar-refractivity contribution in [3.05, 3.63) is 48.5 Å². The van der Waals surface area contributed by atoms with Crippen LogP contribution in [0.1, 0.15) is 5.69 Å². The molecule has 0 amide bonds. The highest BCUT2D eigenvalue weighted by molar-refractivity contribution is 6.03. The summed E-state index contributed by atoms with van der Waals surface area (Å²) in [7, 11) is 0. The number of oxazole rings is 1. The van der Waals surface area contributed by atoms with Crippen LogP contribution in [0.15, 0.2) is 57.3 Å². The van der Waals surface area contributed by atoms with Gasteiger partial charge in [-0.3, -0.25) is 4.98 Å². The fraction of sp³-hybridized carbons (Fsp3) is 0. The molecule has 1 aromatic carbocycles. The summed E-state index contributed by atoms with van der Waals surface area (Å²) < 4.78 is 5.41. The van der Waals surface area contributed by atoms with E-state index >= 15 is 0 Å². The normalized spacial score (nSPS) is 12.8. The highest BCUT2D eigenvalue weighted by atomic mass is 16.4. The molecule has 104 valence electrons. The molecule has 0 aliphatic carbocycles. The minimum atomic E-state index is -0.0790. The molecule has 2 aromatic heterocycles. The van der Waals surface area contributed by atoms with Crippen LogP contribution >= 0.6 is 0 Å². The van der Waals surface area contributed by atoms with Gasteiger partial charge in [-0.25, -0.2) is 4.98 Å². The van der Waals surface area contributed by atoms with Crippen LogP contribution in [0.25, 0.3) is 11.1 Å². The zero-order chi connectivity index (χ0) is 14.7. The van der Waals surface area contributed by atoms with Crippen LogP contribution in [0.4, 0.5) is 6.01 Å². The fourth-order valence-corrected chi connectivity index (χ4v) is 1.64. The lowest BCUT2D eigenvalue weighted by atomic mass is 10.3. The number of hydrogen-bond acceptors (Lipinski definition) is 5. The third kappa shape index (κ3) is 2.84. The van der Waals surface area contributed by atoms with E-state index in [4.69, 9.17) is 15.9 Å². The van der Waals surface area contributed by atoms with Crippen molar-refractivity contribution in [3.63, 3.8) is 0 Å². The average molecular weight is 281 g/mol. The highest BCUT2D eigenvalue weighted by Crippen LogP contribution is 2.20. The summed E-state index contributed by atoms with van der Waals surface area (Å²) in [5.41, 5.74) is 13.2. The van der Waals surface area contributed by atoms with Gasteiger partial charge in [0.2, 0.25) is 5.96 Å². The van der Waals surface area contributed by atoms with Crippen LogP contribution in [-0.4, -0.2) is 26.7 Å². The largest absolute Gasteiger partial charge is 0.422 e. The van der Waals surface area contributed by atoms with Crippen molar-refractivity contribution in [2.75, 3.05) is 0 Å². The first-order valence-electron chi connectivity index (χ1n) is 6.02. The zero-order valence-corrected chi connectivity index (χ0v) is 10.8. The molecular weight excluding hydrogens is 270 g/mol. The summed E-state index contributed by atoms with van der Waals surface area (Å²) >= 11 is 0. The molecule has 0 unspecified atom stereocenters. The van der Waals surface area contributed by atoms with Crippen molar-refractivity contribution in [2.45, 2.75) is 0 Å². The standard InChI is InChI=1S/C13H11N7O/c14-11(9-7-16-5-6-17-9)19-12(15)20-13-18-8-3-1-2-4-10(8)21-13/h1-7H,(H4,14,15,18,19,20). The van der Waals surface area contributed by atoms with Gasteiger partial charge < -0.3 is 15.9 Å². The number of benzene rings is 1. The van der Waals surface area contributed by atoms with Gasteiger partial charge in [0.05, 0.1) is 6.20 Å². The number of guanidine groups is 1. The van der Waals surface area contributed by atoms with Gasteiger partial charge in [0.25, 0.3) is 0 Å². The summed E-state index contributed by atoms with van der Waals surface area (Å²) in [6.45, 7) is 0. The Kier molecular flexibility index (Phi) is 3.26. The Bertz CT molecular complexity index is 790. The number of aromatic nitrogens is 3. The summed E-state index contributed by atoms with van der Waals surface area (Å²) in [4.78, 5) is 20.0. The van der Waals surface area contributed by atoms with E-state index < -0.39 is 0 Å². The first kappa shape index (κ1) is 12.7. The van der Waals surface area contributed by atoms with Crippen molar-refractivity contribution >= 4 is 28.9 Å². The molecule has 0 spiro atoms. The Morgan fingerprint density at radius 2 is 2.00 bits per heavy atom. The number of amidine groups is 1. The van der Waals surface area contributed by atoms with Crippen LogP contribution in [0.3, 0.4) is 0 Å². The van der Waals surface area contributed by atoms with Crippen molar-refractivity contribution in [2.24, 2.45) is 21.5 Å². The Morgan fingerprint density at radius 1 is 1.14 bits per heavy atom. The summed E-state index contributed by atoms with van der Waals surface area (Å²) in [5.74, 6) is 0.0326. The second kappa shape index (κ2) is 5.37. The molecule has 2 heterocycles. The lowest BCUT2D eigenvalue weighted by Crippen LogP contribution is -2.20. The molecule has 0 atom stereocenters. The van der Waals surface area contributed by atoms with E-state index in [0.29, 0.717) is 16.8 Å². The maximum atomic E-state index is 5.76. The summed E-state index contributed by atoms with van der Waals surface area (Å²) in [5, 5.41) is 0. The Balaban J connectivity index is 1.89. The van der Waals surface area contributed by atoms with Crippen LogP contribution < -0.4 is 11.5 Å². The highest BCUT2D eigenvalue weighted by Gasteiger charge is 2.05. The number of fused-ring (bicyclic) bond motifs is 1. The van der Waals surface area contributed by atoms with Crippen molar-refractivity contribution < 1.29 is 4.42 Å². The molecule has 0 saturated carbocycles. The lowest BCUT2D eigenvalue weighted by Gasteiger charge is -1.97. The van der Waals surface area contributed by atoms with E-state index in [0.717, 1.165) is 0 Å². The third-order valence-corrected chi connectivity index (χ3v) is 2.55. The van der Waals surface area contributed by atoms with Gasteiger partial charge in [0.1, 0.15) is 11.2 Å². The molecule has 8 nitrogen and oxygen atoms in total. The topological polar surface area (TPSA) is 129 Å². The molecule has 0 aliphatic heterocycles. The SMILES string of the molecule is NC(=Nc1nc2ccccc2o1)N=C(N)c1cnccn1. The second-order valence-electron chi connectivity index (χ2n) is 4.02. The first-order chi connectivity index (χ1) is 10.2. The van der Waals surface area contributed by atoms with Crippen LogP contribution in [0.5, 0.6) is 0 Å². The van der Waals surface area contributed by atoms with E-state index in [2.05, 4.69) is 24.9 Å². The van der Waals surface area contributed by atoms with Gasteiger partial charge in [-0.15, -0.1) is 0 Å². The number of nitrogens with zero attached hydrogens (tertiary/aromatic N) is 5. The molecule has 0 radical (unpaired) electrons. The van der Waals surface area contributed by atoms with Crippen LogP contribution in [0.2, 0.25) is 0 Å². The van der Waals surface area contributed by atoms with E-state index in [-0.39, 0.29) is 17.8 Å². The molecule has 3 aromatic rings. The molecule has 0 aliphatic rings. The van der Waals surface area contributed by atoms with Gasteiger partial charge >= 0.3 is 6.01 Å². The van der Waals surface area contributed by atoms with Gasteiger partial charge in [-0.2, -0.15) is 15.0 Å². The van der Waals surface area contributed by atoms with Gasteiger partial charge in [0.15, 0.2) is 11.4 Å². The maximum absolute atomic E-state index is 5.76. The quantitative estimate of drug-likeness (QED) is 0.532. The third-order valence-electron chi connectivity index (χ3n) is 2.55. The molecule has 21 heavy (non-hydrogen) atoms. The molecule has 0 bridgehead atoms. The number of para-hydroxylation sites is 2. The number of rotatable bonds is 2. The summed E-state index contributed by atoms with van der Waals surface area (Å²) in [6, 6.07) is 7.41. The zero-order valence-electron chi connectivity index (χ0n) is 10.8. The van der Waals surface area contributed by atoms with Crippen LogP contribution in [-0.2, 0) is 0 Å². The fourth-order valence-electron chi connectivity index (χ4n) is 1.64. The molecule has 4 N–H and O–H groups in total. The second-order valence-corrected chi connectivity index (χ2v) is 4.02. The van der Waals surface area contributed by atoms with E-state index in [1.807, 2.05) is 18.2 Å². The van der Waals surface area contributed by atoms with Crippen molar-refractivity contribution in [1.82, 2.24) is 15.0 Å².